The zero-order valence-corrected chi connectivity index (χ0v) is 17.6. The van der Waals surface area contributed by atoms with E-state index in [-0.39, 0.29) is 0 Å². The first kappa shape index (κ1) is 20.5. The van der Waals surface area contributed by atoms with Crippen molar-refractivity contribution in [1.82, 2.24) is 0 Å². The monoisotopic (exact) mass is 410 g/mol. The summed E-state index contributed by atoms with van der Waals surface area (Å²) in [5.41, 5.74) is 0. The summed E-state index contributed by atoms with van der Waals surface area (Å²) < 4.78 is 17.4. The first-order chi connectivity index (χ1) is 15.2. The summed E-state index contributed by atoms with van der Waals surface area (Å²) in [6, 6.07) is 28.6. The Morgan fingerprint density at radius 3 is 1.42 bits per heavy atom. The van der Waals surface area contributed by atoms with E-state index in [1.807, 2.05) is 48.5 Å². The molecule has 0 atom stereocenters. The molecule has 0 bridgehead atoms. The Morgan fingerprint density at radius 2 is 0.968 bits per heavy atom. The third-order valence-electron chi connectivity index (χ3n) is 5.03. The molecule has 0 N–H and O–H groups in total. The summed E-state index contributed by atoms with van der Waals surface area (Å²) >= 11 is 0. The van der Waals surface area contributed by atoms with Gasteiger partial charge in [-0.25, -0.2) is 0 Å². The molecule has 0 spiro atoms. The minimum absolute atomic E-state index is 0.498. The molecule has 3 heteroatoms. The van der Waals surface area contributed by atoms with Gasteiger partial charge in [0.05, 0.1) is 24.7 Å². The number of hydrogen-bond acceptors (Lipinski definition) is 3. The molecular weight excluding hydrogens is 384 g/mol. The van der Waals surface area contributed by atoms with Crippen LogP contribution in [0.25, 0.3) is 21.5 Å². The van der Waals surface area contributed by atoms with Crippen molar-refractivity contribution in [2.24, 2.45) is 0 Å². The molecule has 4 aromatic carbocycles. The van der Waals surface area contributed by atoms with Gasteiger partial charge in [-0.15, -0.1) is 0 Å². The first-order valence-corrected chi connectivity index (χ1v) is 10.4. The fourth-order valence-corrected chi connectivity index (χ4v) is 3.39. The fourth-order valence-electron chi connectivity index (χ4n) is 3.39. The molecule has 0 amide bonds. The van der Waals surface area contributed by atoms with Crippen molar-refractivity contribution in [3.05, 3.63) is 110 Å². The fraction of sp³-hybridized carbons (Fsp3) is 0.143. The standard InChI is InChI=1S/C28H26O3/c1-21(15-17-29-27-13-11-23-7-3-5-9-25(23)19-27)31-22(2)16-18-30-28-14-12-24-8-4-6-10-26(24)20-28/h3-14,19-20H,1-2,15-18H2. The van der Waals surface area contributed by atoms with Crippen LogP contribution in [0.5, 0.6) is 11.5 Å². The third-order valence-corrected chi connectivity index (χ3v) is 5.03. The maximum atomic E-state index is 5.85. The number of fused-ring (bicyclic) bond motifs is 2. The minimum Gasteiger partial charge on any atom is -0.493 e. The van der Waals surface area contributed by atoms with Gasteiger partial charge in [0.15, 0.2) is 0 Å². The van der Waals surface area contributed by atoms with Gasteiger partial charge in [-0.2, -0.15) is 0 Å². The SMILES string of the molecule is C=C(CCOc1ccc2ccccc2c1)OC(=C)CCOc1ccc2ccccc2c1. The van der Waals surface area contributed by atoms with E-state index < -0.39 is 0 Å². The molecule has 3 nitrogen and oxygen atoms in total. The summed E-state index contributed by atoms with van der Waals surface area (Å²) in [5.74, 6) is 2.95. The Balaban J connectivity index is 1.17. The smallest absolute Gasteiger partial charge is 0.119 e. The second-order valence-electron chi connectivity index (χ2n) is 7.39. The van der Waals surface area contributed by atoms with Gasteiger partial charge in [0, 0.05) is 12.8 Å². The molecule has 0 aliphatic carbocycles. The van der Waals surface area contributed by atoms with E-state index >= 15 is 0 Å². The Labute approximate surface area is 183 Å². The number of hydrogen-bond donors (Lipinski definition) is 0. The van der Waals surface area contributed by atoms with E-state index in [9.17, 15) is 0 Å². The van der Waals surface area contributed by atoms with Crippen LogP contribution in [0.3, 0.4) is 0 Å². The molecule has 156 valence electrons. The van der Waals surface area contributed by atoms with Crippen LogP contribution in [0.15, 0.2) is 110 Å². The van der Waals surface area contributed by atoms with Crippen LogP contribution >= 0.6 is 0 Å². The van der Waals surface area contributed by atoms with Gasteiger partial charge in [0.25, 0.3) is 0 Å². The van der Waals surface area contributed by atoms with E-state index in [1.165, 1.54) is 10.8 Å². The molecule has 4 aromatic rings. The molecule has 0 saturated heterocycles. The molecule has 0 aliphatic heterocycles. The van der Waals surface area contributed by atoms with Crippen molar-refractivity contribution in [1.29, 1.82) is 0 Å². The predicted molar refractivity (Wildman–Crippen MR) is 127 cm³/mol. The van der Waals surface area contributed by atoms with Crippen molar-refractivity contribution in [2.75, 3.05) is 13.2 Å². The largest absolute Gasteiger partial charge is 0.493 e. The molecule has 0 aromatic heterocycles. The van der Waals surface area contributed by atoms with Gasteiger partial charge >= 0.3 is 0 Å². The van der Waals surface area contributed by atoms with Crippen LogP contribution in [0, 0.1) is 0 Å². The molecule has 0 heterocycles. The molecule has 0 fully saturated rings. The Hall–Kier alpha value is -3.72. The predicted octanol–water partition coefficient (Wildman–Crippen LogP) is 7.28. The van der Waals surface area contributed by atoms with Crippen molar-refractivity contribution >= 4 is 21.5 Å². The average molecular weight is 411 g/mol. The highest BCUT2D eigenvalue weighted by Gasteiger charge is 2.04. The Morgan fingerprint density at radius 1 is 0.548 bits per heavy atom. The summed E-state index contributed by atoms with van der Waals surface area (Å²) in [5, 5.41) is 4.72. The minimum atomic E-state index is 0.498. The molecule has 0 saturated carbocycles. The lowest BCUT2D eigenvalue weighted by molar-refractivity contribution is 0.227. The van der Waals surface area contributed by atoms with Gasteiger partial charge in [0.2, 0.25) is 0 Å². The molecule has 0 radical (unpaired) electrons. The third kappa shape index (κ3) is 5.67. The van der Waals surface area contributed by atoms with Crippen LogP contribution in [-0.4, -0.2) is 13.2 Å². The van der Waals surface area contributed by atoms with Crippen molar-refractivity contribution in [3.63, 3.8) is 0 Å². The van der Waals surface area contributed by atoms with Crippen LogP contribution in [-0.2, 0) is 4.74 Å². The van der Waals surface area contributed by atoms with Crippen LogP contribution in [0.4, 0.5) is 0 Å². The molecule has 4 rings (SSSR count). The van der Waals surface area contributed by atoms with Crippen LogP contribution < -0.4 is 9.47 Å². The highest BCUT2D eigenvalue weighted by Crippen LogP contribution is 2.22. The Bertz CT molecular complexity index is 1110. The summed E-state index contributed by atoms with van der Waals surface area (Å²) in [7, 11) is 0. The molecule has 0 aliphatic rings. The molecule has 31 heavy (non-hydrogen) atoms. The first-order valence-electron chi connectivity index (χ1n) is 10.4. The van der Waals surface area contributed by atoms with E-state index in [0.717, 1.165) is 22.3 Å². The van der Waals surface area contributed by atoms with Gasteiger partial charge in [-0.1, -0.05) is 73.8 Å². The topological polar surface area (TPSA) is 27.7 Å². The van der Waals surface area contributed by atoms with E-state index in [2.05, 4.69) is 49.6 Å². The van der Waals surface area contributed by atoms with Crippen LogP contribution in [0.2, 0.25) is 0 Å². The van der Waals surface area contributed by atoms with Crippen LogP contribution in [0.1, 0.15) is 12.8 Å². The van der Waals surface area contributed by atoms with E-state index in [0.29, 0.717) is 37.6 Å². The summed E-state index contributed by atoms with van der Waals surface area (Å²) in [4.78, 5) is 0. The lowest BCUT2D eigenvalue weighted by Gasteiger charge is -2.13. The number of ether oxygens (including phenoxy) is 3. The lowest BCUT2D eigenvalue weighted by atomic mass is 10.1. The highest BCUT2D eigenvalue weighted by molar-refractivity contribution is 5.84. The van der Waals surface area contributed by atoms with Gasteiger partial charge < -0.3 is 14.2 Å². The van der Waals surface area contributed by atoms with Gasteiger partial charge in [-0.05, 0) is 45.8 Å². The maximum absolute atomic E-state index is 5.85. The quantitative estimate of drug-likeness (QED) is 0.257. The maximum Gasteiger partial charge on any atom is 0.119 e. The Kier molecular flexibility index (Phi) is 6.53. The lowest BCUT2D eigenvalue weighted by Crippen LogP contribution is -2.03. The summed E-state index contributed by atoms with van der Waals surface area (Å²) in [6.07, 6.45) is 1.19. The van der Waals surface area contributed by atoms with Crippen molar-refractivity contribution in [2.45, 2.75) is 12.8 Å². The van der Waals surface area contributed by atoms with Gasteiger partial charge in [0.1, 0.15) is 11.5 Å². The number of benzene rings is 4. The molecular formula is C28H26O3. The second kappa shape index (κ2) is 9.86. The number of rotatable bonds is 10. The molecule has 0 unspecified atom stereocenters. The average Bonchev–Trinajstić information content (AvgIpc) is 2.79. The zero-order chi connectivity index (χ0) is 21.5. The second-order valence-corrected chi connectivity index (χ2v) is 7.39. The van der Waals surface area contributed by atoms with Crippen molar-refractivity contribution < 1.29 is 14.2 Å². The van der Waals surface area contributed by atoms with Gasteiger partial charge in [-0.3, -0.25) is 0 Å². The normalized spacial score (nSPS) is 10.7. The highest BCUT2D eigenvalue weighted by atomic mass is 16.5. The summed E-state index contributed by atoms with van der Waals surface area (Å²) in [6.45, 7) is 8.94. The van der Waals surface area contributed by atoms with Crippen molar-refractivity contribution in [3.8, 4) is 11.5 Å². The van der Waals surface area contributed by atoms with E-state index in [4.69, 9.17) is 14.2 Å². The zero-order valence-electron chi connectivity index (χ0n) is 17.6. The van der Waals surface area contributed by atoms with E-state index in [1.54, 1.807) is 0 Å².